The molecule has 1 amide bonds. The van der Waals surface area contributed by atoms with Gasteiger partial charge in [0.1, 0.15) is 12.0 Å². The van der Waals surface area contributed by atoms with Crippen LogP contribution in [0.25, 0.3) is 0 Å². The summed E-state index contributed by atoms with van der Waals surface area (Å²) in [6.07, 6.45) is 3.50. The van der Waals surface area contributed by atoms with Crippen molar-refractivity contribution in [2.75, 3.05) is 19.7 Å². The molecule has 122 valence electrons. The summed E-state index contributed by atoms with van der Waals surface area (Å²) in [6.45, 7) is 5.90. The third-order valence-corrected chi connectivity index (χ3v) is 4.12. The standard InChI is InChI=1S/C18H22N2O3/c1-13-5-3-7-16(9-13)23-11-15-6-4-8-20(10-15)18(21)17-12-22-14(2)19-17/h3,5,7,9,12,15H,4,6,8,10-11H2,1-2H3. The van der Waals surface area contributed by atoms with E-state index in [1.807, 2.05) is 36.1 Å². The minimum absolute atomic E-state index is 0.0536. The zero-order valence-corrected chi connectivity index (χ0v) is 13.6. The number of aromatic nitrogens is 1. The molecular formula is C18H22N2O3. The van der Waals surface area contributed by atoms with Gasteiger partial charge in [-0.2, -0.15) is 0 Å². The average molecular weight is 314 g/mol. The average Bonchev–Trinajstić information content (AvgIpc) is 2.99. The highest BCUT2D eigenvalue weighted by Gasteiger charge is 2.26. The van der Waals surface area contributed by atoms with E-state index >= 15 is 0 Å². The lowest BCUT2D eigenvalue weighted by Gasteiger charge is -2.32. The molecule has 2 aromatic rings. The largest absolute Gasteiger partial charge is 0.493 e. The summed E-state index contributed by atoms with van der Waals surface area (Å²) in [5.74, 6) is 1.70. The molecule has 0 radical (unpaired) electrons. The van der Waals surface area contributed by atoms with Gasteiger partial charge < -0.3 is 14.1 Å². The maximum atomic E-state index is 12.4. The van der Waals surface area contributed by atoms with Gasteiger partial charge in [0.15, 0.2) is 11.6 Å². The lowest BCUT2D eigenvalue weighted by Crippen LogP contribution is -2.41. The highest BCUT2D eigenvalue weighted by molar-refractivity contribution is 5.92. The highest BCUT2D eigenvalue weighted by Crippen LogP contribution is 2.21. The van der Waals surface area contributed by atoms with Crippen molar-refractivity contribution in [2.24, 2.45) is 5.92 Å². The Morgan fingerprint density at radius 1 is 1.43 bits per heavy atom. The minimum atomic E-state index is -0.0536. The first-order chi connectivity index (χ1) is 11.1. The molecule has 0 N–H and O–H groups in total. The van der Waals surface area contributed by atoms with Crippen LogP contribution in [-0.2, 0) is 0 Å². The van der Waals surface area contributed by atoms with Crippen molar-refractivity contribution in [1.29, 1.82) is 0 Å². The molecule has 1 aliphatic rings. The van der Waals surface area contributed by atoms with E-state index in [-0.39, 0.29) is 5.91 Å². The summed E-state index contributed by atoms with van der Waals surface area (Å²) in [6, 6.07) is 8.04. The molecule has 5 nitrogen and oxygen atoms in total. The maximum absolute atomic E-state index is 12.4. The van der Waals surface area contributed by atoms with E-state index in [0.717, 1.165) is 25.1 Å². The summed E-state index contributed by atoms with van der Waals surface area (Å²) in [7, 11) is 0. The lowest BCUT2D eigenvalue weighted by molar-refractivity contribution is 0.0627. The van der Waals surface area contributed by atoms with Crippen molar-refractivity contribution in [2.45, 2.75) is 26.7 Å². The second-order valence-electron chi connectivity index (χ2n) is 6.14. The number of rotatable bonds is 4. The van der Waals surface area contributed by atoms with Crippen LogP contribution in [0, 0.1) is 19.8 Å². The molecule has 1 aromatic carbocycles. The van der Waals surface area contributed by atoms with Gasteiger partial charge in [-0.05, 0) is 37.5 Å². The number of carbonyl (C=O) groups is 1. The Morgan fingerprint density at radius 3 is 3.04 bits per heavy atom. The summed E-state index contributed by atoms with van der Waals surface area (Å²) < 4.78 is 11.0. The van der Waals surface area contributed by atoms with E-state index in [9.17, 15) is 4.79 Å². The van der Waals surface area contributed by atoms with Crippen LogP contribution in [-0.4, -0.2) is 35.5 Å². The van der Waals surface area contributed by atoms with Crippen LogP contribution in [0.5, 0.6) is 5.75 Å². The molecule has 1 atom stereocenters. The summed E-state index contributed by atoms with van der Waals surface area (Å²) >= 11 is 0. The molecule has 1 aliphatic heterocycles. The van der Waals surface area contributed by atoms with Gasteiger partial charge in [-0.15, -0.1) is 0 Å². The number of carbonyl (C=O) groups excluding carboxylic acids is 1. The zero-order valence-electron chi connectivity index (χ0n) is 13.6. The van der Waals surface area contributed by atoms with Gasteiger partial charge in [0, 0.05) is 25.9 Å². The molecule has 3 rings (SSSR count). The van der Waals surface area contributed by atoms with Gasteiger partial charge in [-0.1, -0.05) is 12.1 Å². The van der Waals surface area contributed by atoms with Gasteiger partial charge in [-0.25, -0.2) is 4.98 Å². The number of hydrogen-bond donors (Lipinski definition) is 0. The predicted octanol–water partition coefficient (Wildman–Crippen LogP) is 3.22. The fourth-order valence-electron chi connectivity index (χ4n) is 2.93. The Bertz CT molecular complexity index is 680. The summed E-state index contributed by atoms with van der Waals surface area (Å²) in [4.78, 5) is 18.4. The first kappa shape index (κ1) is 15.6. The summed E-state index contributed by atoms with van der Waals surface area (Å²) in [5.41, 5.74) is 1.58. The van der Waals surface area contributed by atoms with E-state index in [0.29, 0.717) is 30.7 Å². The van der Waals surface area contributed by atoms with Gasteiger partial charge in [0.2, 0.25) is 0 Å². The Hall–Kier alpha value is -2.30. The van der Waals surface area contributed by atoms with Crippen LogP contribution in [0.3, 0.4) is 0 Å². The summed E-state index contributed by atoms with van der Waals surface area (Å²) in [5, 5.41) is 0. The molecule has 1 fully saturated rings. The van der Waals surface area contributed by atoms with Gasteiger partial charge in [0.05, 0.1) is 6.61 Å². The van der Waals surface area contributed by atoms with Crippen molar-refractivity contribution in [3.05, 3.63) is 47.7 Å². The van der Waals surface area contributed by atoms with Crippen LogP contribution in [0.15, 0.2) is 34.9 Å². The number of aryl methyl sites for hydroxylation is 2. The Balaban J connectivity index is 1.56. The van der Waals surface area contributed by atoms with E-state index < -0.39 is 0 Å². The van der Waals surface area contributed by atoms with Crippen LogP contribution < -0.4 is 4.74 Å². The fourth-order valence-corrected chi connectivity index (χ4v) is 2.93. The lowest BCUT2D eigenvalue weighted by atomic mass is 9.98. The number of ether oxygens (including phenoxy) is 1. The minimum Gasteiger partial charge on any atom is -0.493 e. The molecule has 0 saturated carbocycles. The maximum Gasteiger partial charge on any atom is 0.275 e. The number of benzene rings is 1. The topological polar surface area (TPSA) is 55.6 Å². The molecule has 0 bridgehead atoms. The zero-order chi connectivity index (χ0) is 16.2. The highest BCUT2D eigenvalue weighted by atomic mass is 16.5. The number of likely N-dealkylation sites (tertiary alicyclic amines) is 1. The monoisotopic (exact) mass is 314 g/mol. The van der Waals surface area contributed by atoms with E-state index in [4.69, 9.17) is 9.15 Å². The van der Waals surface area contributed by atoms with Gasteiger partial charge in [-0.3, -0.25) is 4.79 Å². The molecule has 1 aromatic heterocycles. The molecule has 1 unspecified atom stereocenters. The van der Waals surface area contributed by atoms with E-state index in [2.05, 4.69) is 4.98 Å². The second kappa shape index (κ2) is 6.86. The Labute approximate surface area is 136 Å². The van der Waals surface area contributed by atoms with Crippen molar-refractivity contribution >= 4 is 5.91 Å². The Morgan fingerprint density at radius 2 is 2.30 bits per heavy atom. The van der Waals surface area contributed by atoms with E-state index in [1.54, 1.807) is 6.92 Å². The van der Waals surface area contributed by atoms with E-state index in [1.165, 1.54) is 11.8 Å². The molecule has 5 heteroatoms. The number of piperidine rings is 1. The molecular weight excluding hydrogens is 292 g/mol. The van der Waals surface area contributed by atoms with Crippen LogP contribution in [0.4, 0.5) is 0 Å². The third-order valence-electron chi connectivity index (χ3n) is 4.12. The van der Waals surface area contributed by atoms with Crippen LogP contribution >= 0.6 is 0 Å². The SMILES string of the molecule is Cc1cccc(OCC2CCCN(C(=O)c3coc(C)n3)C2)c1. The molecule has 1 saturated heterocycles. The van der Waals surface area contributed by atoms with Crippen LogP contribution in [0.1, 0.15) is 34.8 Å². The van der Waals surface area contributed by atoms with Gasteiger partial charge in [0.25, 0.3) is 5.91 Å². The fraction of sp³-hybridized carbons (Fsp3) is 0.444. The van der Waals surface area contributed by atoms with Crippen molar-refractivity contribution in [3.63, 3.8) is 0 Å². The normalized spacial score (nSPS) is 18.0. The first-order valence-corrected chi connectivity index (χ1v) is 8.02. The third kappa shape index (κ3) is 3.92. The number of nitrogens with zero attached hydrogens (tertiary/aromatic N) is 2. The van der Waals surface area contributed by atoms with Crippen molar-refractivity contribution < 1.29 is 13.9 Å². The second-order valence-corrected chi connectivity index (χ2v) is 6.14. The molecule has 0 spiro atoms. The number of oxazole rings is 1. The van der Waals surface area contributed by atoms with Crippen molar-refractivity contribution in [1.82, 2.24) is 9.88 Å². The molecule has 2 heterocycles. The Kier molecular flexibility index (Phi) is 4.65. The smallest absolute Gasteiger partial charge is 0.275 e. The molecule has 0 aliphatic carbocycles. The predicted molar refractivity (Wildman–Crippen MR) is 86.5 cm³/mol. The molecule has 23 heavy (non-hydrogen) atoms. The first-order valence-electron chi connectivity index (χ1n) is 8.02. The van der Waals surface area contributed by atoms with Crippen LogP contribution in [0.2, 0.25) is 0 Å². The van der Waals surface area contributed by atoms with Gasteiger partial charge >= 0.3 is 0 Å². The number of hydrogen-bond acceptors (Lipinski definition) is 4. The quantitative estimate of drug-likeness (QED) is 0.869. The van der Waals surface area contributed by atoms with Crippen molar-refractivity contribution in [3.8, 4) is 5.75 Å². The number of amides is 1.